The first-order valence-corrected chi connectivity index (χ1v) is 21.0. The number of aliphatic hydroxyl groups is 1. The molecule has 3 aliphatic rings. The Labute approximate surface area is 305 Å². The molecular weight excluding hydrogens is 673 g/mol. The third-order valence-electron chi connectivity index (χ3n) is 11.5. The fourth-order valence-corrected chi connectivity index (χ4v) is 12.8. The minimum absolute atomic E-state index is 0.0783. The number of carbonyl (C=O) groups excluding carboxylic acids is 3. The molecule has 3 heterocycles. The lowest BCUT2D eigenvalue weighted by Crippen LogP contribution is -2.52. The van der Waals surface area contributed by atoms with Crippen LogP contribution in [0.2, 0.25) is 18.6 Å². The zero-order valence-corrected chi connectivity index (χ0v) is 31.0. The topological polar surface area (TPSA) is 134 Å². The molecule has 5 atom stereocenters. The maximum atomic E-state index is 15.2. The molecule has 0 saturated carbocycles. The number of rotatable bonds is 9. The van der Waals surface area contributed by atoms with E-state index in [2.05, 4.69) is 37.5 Å². The van der Waals surface area contributed by atoms with Crippen molar-refractivity contribution in [2.75, 3.05) is 36.2 Å². The predicted octanol–water partition coefficient (Wildman–Crippen LogP) is 5.80. The van der Waals surface area contributed by atoms with Crippen LogP contribution >= 0.6 is 0 Å². The van der Waals surface area contributed by atoms with Gasteiger partial charge in [0, 0.05) is 40.7 Å². The SMILES string of the molecule is COc1ccc([Si](C)(C)[C@H]2[C@H](CC(=O)N3CCC[C@H]3CO)O[C@@]3(C(=O)N(c4ccccc4)c4ccc(NC(=O)c5ccc(N)cc5)cc43)[C@@H]2C)cc1. The highest BCUT2D eigenvalue weighted by Crippen LogP contribution is 2.61. The van der Waals surface area contributed by atoms with E-state index >= 15 is 4.79 Å². The average molecular weight is 719 g/mol. The van der Waals surface area contributed by atoms with Crippen molar-refractivity contribution in [2.45, 2.75) is 62.6 Å². The number of hydrogen-bond donors (Lipinski definition) is 3. The lowest BCUT2D eigenvalue weighted by molar-refractivity contribution is -0.149. The Bertz CT molecular complexity index is 1970. The van der Waals surface area contributed by atoms with Gasteiger partial charge < -0.3 is 30.5 Å². The third kappa shape index (κ3) is 5.96. The Morgan fingerprint density at radius 2 is 1.73 bits per heavy atom. The van der Waals surface area contributed by atoms with Gasteiger partial charge in [0.25, 0.3) is 11.8 Å². The van der Waals surface area contributed by atoms with Crippen molar-refractivity contribution in [3.8, 4) is 5.75 Å². The number of nitrogens with one attached hydrogen (secondary N) is 1. The van der Waals surface area contributed by atoms with E-state index in [1.807, 2.05) is 54.6 Å². The van der Waals surface area contributed by atoms with E-state index in [9.17, 15) is 14.7 Å². The van der Waals surface area contributed by atoms with Gasteiger partial charge in [0.1, 0.15) is 5.75 Å². The lowest BCUT2D eigenvalue weighted by Gasteiger charge is -2.37. The first-order chi connectivity index (χ1) is 25.0. The van der Waals surface area contributed by atoms with Gasteiger partial charge in [0.05, 0.1) is 46.0 Å². The van der Waals surface area contributed by atoms with Gasteiger partial charge in [-0.05, 0) is 85.1 Å². The second-order valence-electron chi connectivity index (χ2n) is 14.7. The van der Waals surface area contributed by atoms with Gasteiger partial charge >= 0.3 is 0 Å². The molecule has 270 valence electrons. The number of nitrogens with two attached hydrogens (primary N) is 1. The standard InChI is InChI=1S/C41H46N4O6Si/c1-26-38(52(3,4)33-19-17-32(50-2)18-20-33)36(24-37(47)44-22-8-11-31(44)25-46)51-41(26)34-23-29(43-39(48)27-12-14-28(42)15-13-27)16-21-35(34)45(40(41)49)30-9-6-5-7-10-30/h5-7,9-10,12-21,23,26,31,36,38,46H,8,11,22,24-25,42H2,1-4H3,(H,43,48)/t26-,31+,36+,38-,41+/m1/s1. The molecule has 10 nitrogen and oxygen atoms in total. The molecule has 1 spiro atoms. The Morgan fingerprint density at radius 1 is 1.02 bits per heavy atom. The second kappa shape index (κ2) is 13.9. The summed E-state index contributed by atoms with van der Waals surface area (Å²) >= 11 is 0. The maximum absolute atomic E-state index is 15.2. The minimum Gasteiger partial charge on any atom is -0.497 e. The molecule has 0 aliphatic carbocycles. The van der Waals surface area contributed by atoms with Gasteiger partial charge in [-0.15, -0.1) is 0 Å². The van der Waals surface area contributed by atoms with Crippen LogP contribution in [0.3, 0.4) is 0 Å². The first kappa shape index (κ1) is 35.4. The number of nitrogen functional groups attached to an aromatic ring is 1. The summed E-state index contributed by atoms with van der Waals surface area (Å²) in [6.07, 6.45) is 1.08. The normalized spacial score (nSPS) is 24.0. The van der Waals surface area contributed by atoms with Gasteiger partial charge in [0.2, 0.25) is 5.91 Å². The number of amides is 3. The Balaban J connectivity index is 1.34. The van der Waals surface area contributed by atoms with Crippen molar-refractivity contribution in [1.29, 1.82) is 0 Å². The van der Waals surface area contributed by atoms with Crippen molar-refractivity contribution in [2.24, 2.45) is 5.92 Å². The molecule has 0 aromatic heterocycles. The van der Waals surface area contributed by atoms with Crippen molar-refractivity contribution >= 4 is 53.7 Å². The zero-order chi connectivity index (χ0) is 36.8. The van der Waals surface area contributed by atoms with Crippen LogP contribution in [0.15, 0.2) is 97.1 Å². The van der Waals surface area contributed by atoms with Gasteiger partial charge in [0.15, 0.2) is 5.60 Å². The van der Waals surface area contributed by atoms with Crippen LogP contribution in [-0.2, 0) is 19.9 Å². The number of ether oxygens (including phenoxy) is 2. The van der Waals surface area contributed by atoms with E-state index in [1.54, 1.807) is 47.2 Å². The van der Waals surface area contributed by atoms with Gasteiger partial charge in [-0.2, -0.15) is 0 Å². The fourth-order valence-electron chi connectivity index (χ4n) is 8.83. The number of fused-ring (bicyclic) bond motifs is 2. The molecule has 3 amide bonds. The number of benzene rings is 4. The minimum atomic E-state index is -2.53. The van der Waals surface area contributed by atoms with Crippen LogP contribution in [0, 0.1) is 5.92 Å². The molecule has 2 fully saturated rings. The van der Waals surface area contributed by atoms with Crippen LogP contribution in [-0.4, -0.2) is 68.2 Å². The van der Waals surface area contributed by atoms with Gasteiger partial charge in [-0.25, -0.2) is 0 Å². The van der Waals surface area contributed by atoms with Crippen molar-refractivity contribution < 1.29 is 29.0 Å². The van der Waals surface area contributed by atoms with Crippen LogP contribution < -0.4 is 25.9 Å². The number of para-hydroxylation sites is 1. The molecular formula is C41H46N4O6Si. The number of aliphatic hydroxyl groups excluding tert-OH is 1. The van der Waals surface area contributed by atoms with Crippen LogP contribution in [0.5, 0.6) is 5.75 Å². The lowest BCUT2D eigenvalue weighted by atomic mass is 9.82. The summed E-state index contributed by atoms with van der Waals surface area (Å²) < 4.78 is 12.7. The van der Waals surface area contributed by atoms with E-state index in [-0.39, 0.29) is 48.3 Å². The van der Waals surface area contributed by atoms with Gasteiger partial charge in [-0.3, -0.25) is 19.3 Å². The monoisotopic (exact) mass is 718 g/mol. The summed E-state index contributed by atoms with van der Waals surface area (Å²) in [5.41, 5.74) is 7.79. The fraction of sp³-hybridized carbons (Fsp3) is 0.341. The Kier molecular flexibility index (Phi) is 9.45. The molecule has 2 saturated heterocycles. The zero-order valence-electron chi connectivity index (χ0n) is 30.0. The number of methoxy groups -OCH3 is 1. The molecule has 52 heavy (non-hydrogen) atoms. The summed E-state index contributed by atoms with van der Waals surface area (Å²) in [5.74, 6) is -0.215. The van der Waals surface area contributed by atoms with E-state index < -0.39 is 19.8 Å². The highest BCUT2D eigenvalue weighted by molar-refractivity contribution is 6.91. The smallest absolute Gasteiger partial charge is 0.268 e. The van der Waals surface area contributed by atoms with Gasteiger partial charge in [-0.1, -0.05) is 55.5 Å². The van der Waals surface area contributed by atoms with Crippen LogP contribution in [0.1, 0.15) is 42.1 Å². The Morgan fingerprint density at radius 3 is 2.40 bits per heavy atom. The number of anilines is 4. The molecule has 3 aliphatic heterocycles. The maximum Gasteiger partial charge on any atom is 0.268 e. The molecule has 7 rings (SSSR count). The summed E-state index contributed by atoms with van der Waals surface area (Å²) in [5, 5.41) is 14.2. The largest absolute Gasteiger partial charge is 0.497 e. The van der Waals surface area contributed by atoms with Crippen LogP contribution in [0.4, 0.5) is 22.7 Å². The molecule has 0 bridgehead atoms. The van der Waals surface area contributed by atoms with Crippen molar-refractivity contribution in [3.05, 3.63) is 108 Å². The molecule has 11 heteroatoms. The average Bonchev–Trinajstić information content (AvgIpc) is 3.82. The molecule has 4 aromatic rings. The Hall–Kier alpha value is -4.97. The summed E-state index contributed by atoms with van der Waals surface area (Å²) in [7, 11) is -0.885. The number of likely N-dealkylation sites (tertiary alicyclic amines) is 1. The van der Waals surface area contributed by atoms with E-state index in [4.69, 9.17) is 15.2 Å². The van der Waals surface area contributed by atoms with E-state index in [0.717, 1.165) is 23.8 Å². The van der Waals surface area contributed by atoms with E-state index in [0.29, 0.717) is 40.4 Å². The summed E-state index contributed by atoms with van der Waals surface area (Å²) in [4.78, 5) is 46.2. The number of carbonyl (C=O) groups is 3. The van der Waals surface area contributed by atoms with Crippen molar-refractivity contribution in [3.63, 3.8) is 0 Å². The summed E-state index contributed by atoms with van der Waals surface area (Å²) in [6, 6.07) is 29.6. The number of nitrogens with zero attached hydrogens (tertiary/aromatic N) is 2. The summed E-state index contributed by atoms with van der Waals surface area (Å²) in [6.45, 7) is 7.13. The highest BCUT2D eigenvalue weighted by atomic mass is 28.3. The molecule has 0 radical (unpaired) electrons. The molecule has 4 aromatic carbocycles. The van der Waals surface area contributed by atoms with E-state index in [1.165, 1.54) is 0 Å². The quantitative estimate of drug-likeness (QED) is 0.147. The molecule has 0 unspecified atom stereocenters. The molecule has 4 N–H and O–H groups in total. The second-order valence-corrected chi connectivity index (χ2v) is 19.4. The highest BCUT2D eigenvalue weighted by Gasteiger charge is 2.67. The van der Waals surface area contributed by atoms with Crippen LogP contribution in [0.25, 0.3) is 0 Å². The predicted molar refractivity (Wildman–Crippen MR) is 205 cm³/mol. The third-order valence-corrected chi connectivity index (χ3v) is 15.8. The number of hydrogen-bond acceptors (Lipinski definition) is 7. The first-order valence-electron chi connectivity index (χ1n) is 17.9. The van der Waals surface area contributed by atoms with Crippen molar-refractivity contribution in [1.82, 2.24) is 4.90 Å².